The van der Waals surface area contributed by atoms with Crippen molar-refractivity contribution < 1.29 is 9.18 Å². The Balaban J connectivity index is 1.96. The van der Waals surface area contributed by atoms with Gasteiger partial charge in [0.1, 0.15) is 5.82 Å². The molecule has 0 unspecified atom stereocenters. The van der Waals surface area contributed by atoms with Crippen molar-refractivity contribution in [2.45, 2.75) is 19.4 Å². The normalized spacial score (nSPS) is 17.4. The van der Waals surface area contributed by atoms with Gasteiger partial charge in [0, 0.05) is 26.2 Å². The molecule has 1 aromatic rings. The summed E-state index contributed by atoms with van der Waals surface area (Å²) in [5.41, 5.74) is 6.36. The van der Waals surface area contributed by atoms with Gasteiger partial charge >= 0.3 is 0 Å². The summed E-state index contributed by atoms with van der Waals surface area (Å²) >= 11 is 0. The fourth-order valence-corrected chi connectivity index (χ4v) is 2.29. The van der Waals surface area contributed by atoms with Gasteiger partial charge in [-0.15, -0.1) is 0 Å². The molecule has 0 radical (unpaired) electrons. The number of nitrogens with zero attached hydrogens (tertiary/aromatic N) is 2. The van der Waals surface area contributed by atoms with Gasteiger partial charge in [0.15, 0.2) is 0 Å². The summed E-state index contributed by atoms with van der Waals surface area (Å²) in [6, 6.07) is 6.31. The molecular weight excluding hydrogens is 245 g/mol. The Hall–Kier alpha value is -1.62. The third-order valence-electron chi connectivity index (χ3n) is 3.54. The lowest BCUT2D eigenvalue weighted by molar-refractivity contribution is -0.132. The van der Waals surface area contributed by atoms with Crippen LogP contribution >= 0.6 is 0 Å². The molecule has 1 heterocycles. The molecule has 104 valence electrons. The Bertz CT molecular complexity index is 444. The van der Waals surface area contributed by atoms with Crippen molar-refractivity contribution in [3.8, 4) is 0 Å². The second kappa shape index (κ2) is 6.02. The van der Waals surface area contributed by atoms with Crippen LogP contribution in [-0.4, -0.2) is 43.0 Å². The minimum atomic E-state index is -0.417. The number of halogens is 1. The van der Waals surface area contributed by atoms with Crippen molar-refractivity contribution in [1.29, 1.82) is 0 Å². The highest BCUT2D eigenvalue weighted by atomic mass is 19.1. The molecule has 0 saturated carbocycles. The lowest BCUT2D eigenvalue weighted by atomic mass is 10.2. The fourth-order valence-electron chi connectivity index (χ4n) is 2.29. The van der Waals surface area contributed by atoms with Crippen LogP contribution in [0.4, 0.5) is 10.1 Å². The first-order chi connectivity index (χ1) is 9.13. The maximum absolute atomic E-state index is 13.7. The number of carbonyl (C=O) groups excluding carboxylic acids is 1. The molecule has 0 aromatic heterocycles. The minimum absolute atomic E-state index is 0.00400. The van der Waals surface area contributed by atoms with Crippen LogP contribution < -0.4 is 10.6 Å². The number of rotatable bonds is 3. The topological polar surface area (TPSA) is 49.6 Å². The minimum Gasteiger partial charge on any atom is -0.366 e. The van der Waals surface area contributed by atoms with Gasteiger partial charge in [-0.2, -0.15) is 0 Å². The average molecular weight is 265 g/mol. The SMILES string of the molecule is CC[C@H](N)C(=O)N1CCN(c2ccccc2F)CC1. The van der Waals surface area contributed by atoms with E-state index in [-0.39, 0.29) is 11.7 Å². The Kier molecular flexibility index (Phi) is 4.37. The van der Waals surface area contributed by atoms with Crippen LogP contribution in [-0.2, 0) is 4.79 Å². The van der Waals surface area contributed by atoms with Gasteiger partial charge in [-0.25, -0.2) is 4.39 Å². The number of nitrogens with two attached hydrogens (primary N) is 1. The Morgan fingerprint density at radius 3 is 2.53 bits per heavy atom. The third-order valence-corrected chi connectivity index (χ3v) is 3.54. The summed E-state index contributed by atoms with van der Waals surface area (Å²) in [5, 5.41) is 0. The number of hydrogen-bond donors (Lipinski definition) is 1. The number of anilines is 1. The van der Waals surface area contributed by atoms with E-state index in [2.05, 4.69) is 0 Å². The molecule has 1 aromatic carbocycles. The standard InChI is InChI=1S/C14H20FN3O/c1-2-12(16)14(19)18-9-7-17(8-10-18)13-6-4-3-5-11(13)15/h3-6,12H,2,7-10,16H2,1H3/t12-/m0/s1. The summed E-state index contributed by atoms with van der Waals surface area (Å²) in [7, 11) is 0. The van der Waals surface area contributed by atoms with Gasteiger partial charge in [0.2, 0.25) is 5.91 Å². The molecule has 1 aliphatic heterocycles. The van der Waals surface area contributed by atoms with Gasteiger partial charge < -0.3 is 15.5 Å². The molecule has 2 N–H and O–H groups in total. The predicted molar refractivity (Wildman–Crippen MR) is 73.5 cm³/mol. The molecule has 1 aliphatic rings. The first kappa shape index (κ1) is 13.8. The van der Waals surface area contributed by atoms with E-state index in [0.717, 1.165) is 0 Å². The van der Waals surface area contributed by atoms with Crippen LogP contribution in [0.1, 0.15) is 13.3 Å². The summed E-state index contributed by atoms with van der Waals surface area (Å²) in [4.78, 5) is 15.7. The lowest BCUT2D eigenvalue weighted by Gasteiger charge is -2.37. The second-order valence-corrected chi connectivity index (χ2v) is 4.78. The highest BCUT2D eigenvalue weighted by Gasteiger charge is 2.25. The van der Waals surface area contributed by atoms with E-state index < -0.39 is 6.04 Å². The second-order valence-electron chi connectivity index (χ2n) is 4.78. The van der Waals surface area contributed by atoms with Gasteiger partial charge in [-0.05, 0) is 18.6 Å². The first-order valence-corrected chi connectivity index (χ1v) is 6.67. The van der Waals surface area contributed by atoms with Crippen LogP contribution in [0.2, 0.25) is 0 Å². The quantitative estimate of drug-likeness (QED) is 0.893. The Labute approximate surface area is 113 Å². The van der Waals surface area contributed by atoms with E-state index in [1.165, 1.54) is 6.07 Å². The van der Waals surface area contributed by atoms with Gasteiger partial charge in [-0.1, -0.05) is 19.1 Å². The summed E-state index contributed by atoms with van der Waals surface area (Å²) in [6.07, 6.45) is 0.645. The highest BCUT2D eigenvalue weighted by molar-refractivity contribution is 5.81. The van der Waals surface area contributed by atoms with Crippen molar-refractivity contribution in [1.82, 2.24) is 4.90 Å². The number of benzene rings is 1. The number of para-hydroxylation sites is 1. The average Bonchev–Trinajstić information content (AvgIpc) is 2.46. The van der Waals surface area contributed by atoms with Crippen LogP contribution in [0, 0.1) is 5.82 Å². The molecule has 1 atom stereocenters. The van der Waals surface area contributed by atoms with Gasteiger partial charge in [-0.3, -0.25) is 4.79 Å². The zero-order valence-corrected chi connectivity index (χ0v) is 11.2. The Morgan fingerprint density at radius 1 is 1.32 bits per heavy atom. The maximum atomic E-state index is 13.7. The zero-order valence-electron chi connectivity index (χ0n) is 11.2. The van der Waals surface area contributed by atoms with Crippen LogP contribution in [0.25, 0.3) is 0 Å². The summed E-state index contributed by atoms with van der Waals surface area (Å²) in [6.45, 7) is 4.38. The van der Waals surface area contributed by atoms with E-state index >= 15 is 0 Å². The van der Waals surface area contributed by atoms with Gasteiger partial charge in [0.05, 0.1) is 11.7 Å². The summed E-state index contributed by atoms with van der Waals surface area (Å²) < 4.78 is 13.7. The zero-order chi connectivity index (χ0) is 13.8. The van der Waals surface area contributed by atoms with E-state index in [1.54, 1.807) is 17.0 Å². The van der Waals surface area contributed by atoms with E-state index in [1.807, 2.05) is 17.9 Å². The molecule has 2 rings (SSSR count). The van der Waals surface area contributed by atoms with Crippen molar-refractivity contribution in [2.24, 2.45) is 5.73 Å². The van der Waals surface area contributed by atoms with Gasteiger partial charge in [0.25, 0.3) is 0 Å². The molecule has 0 bridgehead atoms. The van der Waals surface area contributed by atoms with E-state index in [9.17, 15) is 9.18 Å². The molecule has 0 aliphatic carbocycles. The molecule has 1 amide bonds. The van der Waals surface area contributed by atoms with E-state index in [0.29, 0.717) is 38.3 Å². The first-order valence-electron chi connectivity index (χ1n) is 6.67. The number of amides is 1. The molecule has 1 fully saturated rings. The van der Waals surface area contributed by atoms with Crippen molar-refractivity contribution in [3.63, 3.8) is 0 Å². The molecule has 1 saturated heterocycles. The van der Waals surface area contributed by atoms with Crippen molar-refractivity contribution in [2.75, 3.05) is 31.1 Å². The van der Waals surface area contributed by atoms with E-state index in [4.69, 9.17) is 5.73 Å². The predicted octanol–water partition coefficient (Wildman–Crippen LogP) is 1.21. The molecular formula is C14H20FN3O. The van der Waals surface area contributed by atoms with Crippen molar-refractivity contribution in [3.05, 3.63) is 30.1 Å². The van der Waals surface area contributed by atoms with Crippen LogP contribution in [0.15, 0.2) is 24.3 Å². The molecule has 4 nitrogen and oxygen atoms in total. The van der Waals surface area contributed by atoms with Crippen LogP contribution in [0.5, 0.6) is 0 Å². The summed E-state index contributed by atoms with van der Waals surface area (Å²) in [5.74, 6) is -0.219. The number of hydrogen-bond acceptors (Lipinski definition) is 3. The highest BCUT2D eigenvalue weighted by Crippen LogP contribution is 2.20. The molecule has 19 heavy (non-hydrogen) atoms. The van der Waals surface area contributed by atoms with Crippen molar-refractivity contribution >= 4 is 11.6 Å². The monoisotopic (exact) mass is 265 g/mol. The third kappa shape index (κ3) is 3.04. The molecule has 0 spiro atoms. The largest absolute Gasteiger partial charge is 0.366 e. The maximum Gasteiger partial charge on any atom is 0.239 e. The number of piperazine rings is 1. The lowest BCUT2D eigenvalue weighted by Crippen LogP contribution is -2.53. The van der Waals surface area contributed by atoms with Crippen LogP contribution in [0.3, 0.4) is 0 Å². The fraction of sp³-hybridized carbons (Fsp3) is 0.500. The number of carbonyl (C=O) groups is 1. The smallest absolute Gasteiger partial charge is 0.239 e. The Morgan fingerprint density at radius 2 is 1.95 bits per heavy atom. The molecule has 5 heteroatoms.